The van der Waals surface area contributed by atoms with Gasteiger partial charge < -0.3 is 14.7 Å². The normalized spacial score (nSPS) is 21.6. The highest BCUT2D eigenvalue weighted by Crippen LogP contribution is 2.17. The number of nitrogens with zero attached hydrogens (tertiary/aromatic N) is 1. The van der Waals surface area contributed by atoms with E-state index in [9.17, 15) is 5.11 Å². The molecule has 2 rings (SSSR count). The number of likely N-dealkylation sites (tertiary alicyclic amines) is 1. The number of aliphatic hydroxyl groups is 1. The molecule has 1 fully saturated rings. The first kappa shape index (κ1) is 14.4. The van der Waals surface area contributed by atoms with Crippen molar-refractivity contribution in [1.82, 2.24) is 4.90 Å². The Hall–Kier alpha value is -1.06. The van der Waals surface area contributed by atoms with E-state index in [1.807, 2.05) is 12.1 Å². The third kappa shape index (κ3) is 4.51. The van der Waals surface area contributed by atoms with Crippen molar-refractivity contribution in [2.45, 2.75) is 33.3 Å². The first-order valence-corrected chi connectivity index (χ1v) is 7.14. The van der Waals surface area contributed by atoms with Gasteiger partial charge in [-0.1, -0.05) is 13.0 Å². The highest BCUT2D eigenvalue weighted by Gasteiger charge is 2.21. The van der Waals surface area contributed by atoms with Crippen LogP contribution in [0.4, 0.5) is 0 Å². The summed E-state index contributed by atoms with van der Waals surface area (Å²) in [6.07, 6.45) is 0.830. The van der Waals surface area contributed by atoms with Gasteiger partial charge in [-0.3, -0.25) is 0 Å². The summed E-state index contributed by atoms with van der Waals surface area (Å²) in [5.41, 5.74) is 2.38. The maximum atomic E-state index is 10.0. The SMILES string of the molecule is Cc1cc(C)cc(OCC(O)CN2CCC(C)C2)c1. The Kier molecular flexibility index (Phi) is 4.83. The maximum Gasteiger partial charge on any atom is 0.119 e. The number of ether oxygens (including phenoxy) is 1. The Morgan fingerprint density at radius 2 is 2.00 bits per heavy atom. The summed E-state index contributed by atoms with van der Waals surface area (Å²) in [7, 11) is 0. The van der Waals surface area contributed by atoms with Gasteiger partial charge >= 0.3 is 0 Å². The lowest BCUT2D eigenvalue weighted by atomic mass is 10.1. The summed E-state index contributed by atoms with van der Waals surface area (Å²) in [6, 6.07) is 6.14. The van der Waals surface area contributed by atoms with E-state index >= 15 is 0 Å². The van der Waals surface area contributed by atoms with E-state index in [-0.39, 0.29) is 0 Å². The molecule has 0 saturated carbocycles. The van der Waals surface area contributed by atoms with Crippen molar-refractivity contribution in [3.63, 3.8) is 0 Å². The lowest BCUT2D eigenvalue weighted by molar-refractivity contribution is 0.0748. The highest BCUT2D eigenvalue weighted by atomic mass is 16.5. The van der Waals surface area contributed by atoms with Gasteiger partial charge in [0, 0.05) is 13.1 Å². The topological polar surface area (TPSA) is 32.7 Å². The van der Waals surface area contributed by atoms with E-state index in [4.69, 9.17) is 4.74 Å². The van der Waals surface area contributed by atoms with E-state index in [2.05, 4.69) is 31.7 Å². The second kappa shape index (κ2) is 6.40. The summed E-state index contributed by atoms with van der Waals surface area (Å²) in [5.74, 6) is 1.61. The number of hydrogen-bond donors (Lipinski definition) is 1. The molecule has 0 aliphatic carbocycles. The molecule has 1 aliphatic rings. The van der Waals surface area contributed by atoms with Crippen molar-refractivity contribution < 1.29 is 9.84 Å². The van der Waals surface area contributed by atoms with Crippen molar-refractivity contribution >= 4 is 0 Å². The minimum absolute atomic E-state index is 0.369. The summed E-state index contributed by atoms with van der Waals surface area (Å²) in [4.78, 5) is 2.32. The molecule has 3 heteroatoms. The van der Waals surface area contributed by atoms with Crippen LogP contribution < -0.4 is 4.74 Å². The van der Waals surface area contributed by atoms with Crippen LogP contribution in [0.3, 0.4) is 0 Å². The zero-order valence-electron chi connectivity index (χ0n) is 12.2. The van der Waals surface area contributed by atoms with Crippen molar-refractivity contribution in [2.75, 3.05) is 26.2 Å². The predicted molar refractivity (Wildman–Crippen MR) is 77.6 cm³/mol. The molecule has 1 N–H and O–H groups in total. The molecule has 1 saturated heterocycles. The van der Waals surface area contributed by atoms with Crippen LogP contribution >= 0.6 is 0 Å². The molecule has 0 aromatic heterocycles. The lowest BCUT2D eigenvalue weighted by Crippen LogP contribution is -2.34. The minimum atomic E-state index is -0.411. The van der Waals surface area contributed by atoms with Gasteiger partial charge in [-0.15, -0.1) is 0 Å². The molecule has 1 heterocycles. The van der Waals surface area contributed by atoms with Crippen molar-refractivity contribution in [2.24, 2.45) is 5.92 Å². The van der Waals surface area contributed by atoms with Crippen LogP contribution in [-0.4, -0.2) is 42.4 Å². The van der Waals surface area contributed by atoms with Crippen LogP contribution in [0.5, 0.6) is 5.75 Å². The van der Waals surface area contributed by atoms with Gasteiger partial charge in [0.05, 0.1) is 0 Å². The first-order valence-electron chi connectivity index (χ1n) is 7.14. The number of aliphatic hydroxyl groups excluding tert-OH is 1. The van der Waals surface area contributed by atoms with Crippen LogP contribution in [0, 0.1) is 19.8 Å². The summed E-state index contributed by atoms with van der Waals surface area (Å²) < 4.78 is 5.69. The first-order chi connectivity index (χ1) is 9.02. The van der Waals surface area contributed by atoms with Crippen LogP contribution in [0.2, 0.25) is 0 Å². The molecular weight excluding hydrogens is 238 g/mol. The van der Waals surface area contributed by atoms with E-state index in [0.29, 0.717) is 6.61 Å². The maximum absolute atomic E-state index is 10.0. The monoisotopic (exact) mass is 263 g/mol. The number of benzene rings is 1. The second-order valence-corrected chi connectivity index (χ2v) is 5.94. The third-order valence-electron chi connectivity index (χ3n) is 3.61. The molecule has 0 radical (unpaired) electrons. The number of β-amino-alcohol motifs (C(OH)–C–C–N with tert-alkyl or cyclic N) is 1. The van der Waals surface area contributed by atoms with Crippen molar-refractivity contribution in [1.29, 1.82) is 0 Å². The fraction of sp³-hybridized carbons (Fsp3) is 0.625. The Bertz CT molecular complexity index is 399. The molecule has 2 unspecified atom stereocenters. The van der Waals surface area contributed by atoms with E-state index < -0.39 is 6.10 Å². The lowest BCUT2D eigenvalue weighted by Gasteiger charge is -2.20. The molecule has 1 aliphatic heterocycles. The molecule has 3 nitrogen and oxygen atoms in total. The van der Waals surface area contributed by atoms with Crippen molar-refractivity contribution in [3.8, 4) is 5.75 Å². The predicted octanol–water partition coefficient (Wildman–Crippen LogP) is 2.38. The minimum Gasteiger partial charge on any atom is -0.491 e. The Labute approximate surface area is 116 Å². The average molecular weight is 263 g/mol. The fourth-order valence-electron chi connectivity index (χ4n) is 2.75. The summed E-state index contributed by atoms with van der Waals surface area (Å²) >= 11 is 0. The van der Waals surface area contributed by atoms with Crippen LogP contribution in [0.15, 0.2) is 18.2 Å². The van der Waals surface area contributed by atoms with E-state index in [1.165, 1.54) is 17.5 Å². The van der Waals surface area contributed by atoms with Gasteiger partial charge in [0.15, 0.2) is 0 Å². The third-order valence-corrected chi connectivity index (χ3v) is 3.61. The Morgan fingerprint density at radius 3 is 2.58 bits per heavy atom. The molecular formula is C16H25NO2. The molecule has 19 heavy (non-hydrogen) atoms. The molecule has 1 aromatic carbocycles. The smallest absolute Gasteiger partial charge is 0.119 e. The molecule has 0 bridgehead atoms. The fourth-order valence-corrected chi connectivity index (χ4v) is 2.75. The van der Waals surface area contributed by atoms with Gasteiger partial charge in [0.1, 0.15) is 18.5 Å². The summed E-state index contributed by atoms with van der Waals surface area (Å²) in [5, 5.41) is 10.0. The molecule has 2 atom stereocenters. The second-order valence-electron chi connectivity index (χ2n) is 5.94. The Balaban J connectivity index is 1.78. The zero-order valence-corrected chi connectivity index (χ0v) is 12.2. The van der Waals surface area contributed by atoms with E-state index in [1.54, 1.807) is 0 Å². The zero-order chi connectivity index (χ0) is 13.8. The summed E-state index contributed by atoms with van der Waals surface area (Å²) in [6.45, 7) is 9.66. The standard InChI is InChI=1S/C16H25NO2/c1-12-4-5-17(9-12)10-15(18)11-19-16-7-13(2)6-14(3)8-16/h6-8,12,15,18H,4-5,9-11H2,1-3H3. The number of aryl methyl sites for hydroxylation is 2. The average Bonchev–Trinajstić information content (AvgIpc) is 2.71. The van der Waals surface area contributed by atoms with Gasteiger partial charge in [-0.2, -0.15) is 0 Å². The molecule has 0 spiro atoms. The van der Waals surface area contributed by atoms with Crippen molar-refractivity contribution in [3.05, 3.63) is 29.3 Å². The molecule has 1 aromatic rings. The number of hydrogen-bond acceptors (Lipinski definition) is 3. The molecule has 0 amide bonds. The molecule has 106 valence electrons. The number of rotatable bonds is 5. The van der Waals surface area contributed by atoms with Gasteiger partial charge in [0.25, 0.3) is 0 Å². The highest BCUT2D eigenvalue weighted by molar-refractivity contribution is 5.32. The van der Waals surface area contributed by atoms with Gasteiger partial charge in [-0.25, -0.2) is 0 Å². The van der Waals surface area contributed by atoms with Crippen LogP contribution in [-0.2, 0) is 0 Å². The van der Waals surface area contributed by atoms with Gasteiger partial charge in [0.2, 0.25) is 0 Å². The van der Waals surface area contributed by atoms with E-state index in [0.717, 1.165) is 31.3 Å². The van der Waals surface area contributed by atoms with Crippen LogP contribution in [0.25, 0.3) is 0 Å². The largest absolute Gasteiger partial charge is 0.491 e. The van der Waals surface area contributed by atoms with Gasteiger partial charge in [-0.05, 0) is 56.0 Å². The van der Waals surface area contributed by atoms with Crippen LogP contribution in [0.1, 0.15) is 24.5 Å². The Morgan fingerprint density at radius 1 is 1.32 bits per heavy atom. The quantitative estimate of drug-likeness (QED) is 0.885.